The van der Waals surface area contributed by atoms with Gasteiger partial charge < -0.3 is 10.6 Å². The maximum atomic E-state index is 12.4. The summed E-state index contributed by atoms with van der Waals surface area (Å²) in [7, 11) is 0. The van der Waals surface area contributed by atoms with Crippen LogP contribution in [0.5, 0.6) is 0 Å². The van der Waals surface area contributed by atoms with Crippen LogP contribution in [-0.4, -0.2) is 34.0 Å². The molecule has 0 saturated carbocycles. The molecule has 2 fully saturated rings. The molecule has 21 heavy (non-hydrogen) atoms. The topological polar surface area (TPSA) is 66.9 Å². The molecule has 5 nitrogen and oxygen atoms in total. The van der Waals surface area contributed by atoms with Gasteiger partial charge in [-0.2, -0.15) is 0 Å². The number of carbonyl (C=O) groups excluding carboxylic acids is 1. The van der Waals surface area contributed by atoms with E-state index in [4.69, 9.17) is 11.6 Å². The molecule has 2 N–H and O–H groups in total. The molecule has 3 heterocycles. The van der Waals surface area contributed by atoms with Gasteiger partial charge >= 0.3 is 0 Å². The third kappa shape index (κ3) is 3.19. The first kappa shape index (κ1) is 14.7. The van der Waals surface area contributed by atoms with Crippen LogP contribution in [0, 0.1) is 0 Å². The highest BCUT2D eigenvalue weighted by atomic mass is 35.5. The van der Waals surface area contributed by atoms with Gasteiger partial charge in [0.25, 0.3) is 5.91 Å². The Hall–Kier alpha value is -1.20. The number of hydrogen-bond acceptors (Lipinski definition) is 4. The van der Waals surface area contributed by atoms with E-state index in [1.165, 1.54) is 19.0 Å². The van der Waals surface area contributed by atoms with Gasteiger partial charge in [-0.3, -0.25) is 4.79 Å². The van der Waals surface area contributed by atoms with Gasteiger partial charge in [0, 0.05) is 24.0 Å². The van der Waals surface area contributed by atoms with E-state index < -0.39 is 0 Å². The maximum absolute atomic E-state index is 12.4. The molecule has 0 aromatic carbocycles. The minimum absolute atomic E-state index is 0.170. The first-order chi connectivity index (χ1) is 10.0. The molecular formula is C15H21ClN4O. The van der Waals surface area contributed by atoms with Crippen LogP contribution in [0.3, 0.4) is 0 Å². The summed E-state index contributed by atoms with van der Waals surface area (Å²) >= 11 is 6.08. The Labute approximate surface area is 129 Å². The van der Waals surface area contributed by atoms with E-state index in [0.29, 0.717) is 28.6 Å². The minimum Gasteiger partial charge on any atom is -0.348 e. The Kier molecular flexibility index (Phi) is 4.13. The van der Waals surface area contributed by atoms with Crippen LogP contribution in [0.15, 0.2) is 6.20 Å². The molecule has 1 aromatic rings. The van der Waals surface area contributed by atoms with Crippen molar-refractivity contribution in [2.45, 2.75) is 63.6 Å². The van der Waals surface area contributed by atoms with Crippen LogP contribution in [0.1, 0.15) is 61.8 Å². The highest BCUT2D eigenvalue weighted by Crippen LogP contribution is 2.27. The number of piperidine rings is 1. The molecular weight excluding hydrogens is 288 g/mol. The Balaban J connectivity index is 1.71. The van der Waals surface area contributed by atoms with Crippen LogP contribution in [0.25, 0.3) is 0 Å². The number of nitrogens with one attached hydrogen (secondary N) is 2. The van der Waals surface area contributed by atoms with Crippen molar-refractivity contribution in [1.82, 2.24) is 20.6 Å². The third-order valence-electron chi connectivity index (χ3n) is 4.30. The second-order valence-electron chi connectivity index (χ2n) is 6.36. The summed E-state index contributed by atoms with van der Waals surface area (Å²) in [5.41, 5.74) is 0.293. The Morgan fingerprint density at radius 1 is 1.38 bits per heavy atom. The summed E-state index contributed by atoms with van der Waals surface area (Å²) in [6.07, 6.45) is 5.92. The molecule has 1 aromatic heterocycles. The number of aromatic nitrogens is 2. The average Bonchev–Trinajstić information content (AvgIpc) is 2.78. The molecule has 2 bridgehead atoms. The lowest BCUT2D eigenvalue weighted by Gasteiger charge is -2.29. The predicted octanol–water partition coefficient (Wildman–Crippen LogP) is 2.27. The number of rotatable bonds is 3. The zero-order valence-electron chi connectivity index (χ0n) is 12.4. The molecule has 2 unspecified atom stereocenters. The number of hydrogen-bond donors (Lipinski definition) is 2. The first-order valence-corrected chi connectivity index (χ1v) is 8.00. The van der Waals surface area contributed by atoms with Crippen LogP contribution in [0.2, 0.25) is 5.02 Å². The van der Waals surface area contributed by atoms with Gasteiger partial charge in [-0.25, -0.2) is 9.97 Å². The number of fused-ring (bicyclic) bond motifs is 2. The molecule has 2 aliphatic rings. The summed E-state index contributed by atoms with van der Waals surface area (Å²) < 4.78 is 0. The van der Waals surface area contributed by atoms with E-state index in [-0.39, 0.29) is 17.9 Å². The molecule has 0 spiro atoms. The van der Waals surface area contributed by atoms with E-state index in [9.17, 15) is 4.79 Å². The van der Waals surface area contributed by atoms with Crippen LogP contribution < -0.4 is 10.6 Å². The van der Waals surface area contributed by atoms with Gasteiger partial charge in [0.05, 0.1) is 11.2 Å². The number of amides is 1. The summed E-state index contributed by atoms with van der Waals surface area (Å²) in [4.78, 5) is 20.9. The fourth-order valence-corrected chi connectivity index (χ4v) is 3.42. The van der Waals surface area contributed by atoms with Crippen molar-refractivity contribution in [1.29, 1.82) is 0 Å². The Morgan fingerprint density at radius 3 is 2.67 bits per heavy atom. The van der Waals surface area contributed by atoms with Crippen molar-refractivity contribution in [2.24, 2.45) is 0 Å². The third-order valence-corrected chi connectivity index (χ3v) is 4.58. The summed E-state index contributed by atoms with van der Waals surface area (Å²) in [5.74, 6) is 0.633. The average molecular weight is 309 g/mol. The molecule has 2 atom stereocenters. The fraction of sp³-hybridized carbons (Fsp3) is 0.667. The van der Waals surface area contributed by atoms with E-state index in [2.05, 4.69) is 20.6 Å². The highest BCUT2D eigenvalue weighted by molar-refractivity contribution is 6.33. The van der Waals surface area contributed by atoms with Crippen molar-refractivity contribution in [3.8, 4) is 0 Å². The fourth-order valence-electron chi connectivity index (χ4n) is 3.25. The van der Waals surface area contributed by atoms with Crippen molar-refractivity contribution in [3.63, 3.8) is 0 Å². The molecule has 0 aliphatic carbocycles. The predicted molar refractivity (Wildman–Crippen MR) is 81.6 cm³/mol. The molecule has 2 aliphatic heterocycles. The van der Waals surface area contributed by atoms with Gasteiger partial charge in [-0.15, -0.1) is 0 Å². The van der Waals surface area contributed by atoms with Crippen molar-refractivity contribution in [2.75, 3.05) is 0 Å². The zero-order valence-corrected chi connectivity index (χ0v) is 13.2. The molecule has 0 radical (unpaired) electrons. The lowest BCUT2D eigenvalue weighted by Crippen LogP contribution is -2.48. The summed E-state index contributed by atoms with van der Waals surface area (Å²) in [6.45, 7) is 3.99. The monoisotopic (exact) mass is 308 g/mol. The molecule has 2 saturated heterocycles. The van der Waals surface area contributed by atoms with Gasteiger partial charge in [0.15, 0.2) is 0 Å². The maximum Gasteiger partial charge on any atom is 0.271 e. The molecule has 114 valence electrons. The van der Waals surface area contributed by atoms with E-state index in [1.807, 2.05) is 13.8 Å². The van der Waals surface area contributed by atoms with Gasteiger partial charge in [-0.1, -0.05) is 25.4 Å². The van der Waals surface area contributed by atoms with E-state index in [0.717, 1.165) is 12.8 Å². The van der Waals surface area contributed by atoms with Gasteiger partial charge in [0.2, 0.25) is 0 Å². The van der Waals surface area contributed by atoms with Crippen molar-refractivity contribution >= 4 is 17.5 Å². The number of carbonyl (C=O) groups is 1. The summed E-state index contributed by atoms with van der Waals surface area (Å²) in [5, 5.41) is 6.97. The van der Waals surface area contributed by atoms with Crippen molar-refractivity contribution in [3.05, 3.63) is 22.7 Å². The van der Waals surface area contributed by atoms with E-state index >= 15 is 0 Å². The lowest BCUT2D eigenvalue weighted by atomic mass is 10.00. The zero-order chi connectivity index (χ0) is 15.0. The molecule has 3 rings (SSSR count). The molecule has 1 amide bonds. The second-order valence-corrected chi connectivity index (χ2v) is 6.77. The van der Waals surface area contributed by atoms with Crippen LogP contribution in [-0.2, 0) is 0 Å². The van der Waals surface area contributed by atoms with Crippen molar-refractivity contribution < 1.29 is 4.79 Å². The van der Waals surface area contributed by atoms with Crippen LogP contribution >= 0.6 is 11.6 Å². The lowest BCUT2D eigenvalue weighted by molar-refractivity contribution is 0.0918. The SMILES string of the molecule is CC(C)c1ncc(Cl)c(C(=O)NC2CC3CCC(C2)N3)n1. The number of halogens is 1. The number of nitrogens with zero attached hydrogens (tertiary/aromatic N) is 2. The smallest absolute Gasteiger partial charge is 0.271 e. The first-order valence-electron chi connectivity index (χ1n) is 7.62. The largest absolute Gasteiger partial charge is 0.348 e. The Morgan fingerprint density at radius 2 is 2.05 bits per heavy atom. The van der Waals surface area contributed by atoms with E-state index in [1.54, 1.807) is 0 Å². The highest BCUT2D eigenvalue weighted by Gasteiger charge is 2.34. The standard InChI is InChI=1S/C15H21ClN4O/c1-8(2)14-17-7-12(16)13(20-14)15(21)19-11-5-9-3-4-10(6-11)18-9/h7-11,18H,3-6H2,1-2H3,(H,19,21). The van der Waals surface area contributed by atoms with Gasteiger partial charge in [-0.05, 0) is 25.7 Å². The normalized spacial score (nSPS) is 27.9. The second kappa shape index (κ2) is 5.89. The minimum atomic E-state index is -0.185. The van der Waals surface area contributed by atoms with Crippen LogP contribution in [0.4, 0.5) is 0 Å². The quantitative estimate of drug-likeness (QED) is 0.899. The summed E-state index contributed by atoms with van der Waals surface area (Å²) in [6, 6.07) is 1.30. The van der Waals surface area contributed by atoms with Gasteiger partial charge in [0.1, 0.15) is 11.5 Å². The Bertz CT molecular complexity index is 536. The molecule has 6 heteroatoms.